The molecule has 0 spiro atoms. The first-order valence-corrected chi connectivity index (χ1v) is 3.19. The van der Waals surface area contributed by atoms with E-state index in [0.29, 0.717) is 0 Å². The SMILES string of the molecule is Cc1ccccc1[C]=S. The highest BCUT2D eigenvalue weighted by atomic mass is 32.1. The van der Waals surface area contributed by atoms with Crippen molar-refractivity contribution in [3.05, 3.63) is 35.4 Å². The lowest BCUT2D eigenvalue weighted by Crippen LogP contribution is -1.81. The van der Waals surface area contributed by atoms with E-state index < -0.39 is 0 Å². The highest BCUT2D eigenvalue weighted by Gasteiger charge is 1.88. The van der Waals surface area contributed by atoms with Gasteiger partial charge in [0.2, 0.25) is 0 Å². The van der Waals surface area contributed by atoms with Crippen LogP contribution in [0.5, 0.6) is 0 Å². The van der Waals surface area contributed by atoms with Crippen LogP contribution in [0.2, 0.25) is 0 Å². The number of benzene rings is 1. The van der Waals surface area contributed by atoms with E-state index in [2.05, 4.69) is 17.6 Å². The van der Waals surface area contributed by atoms with Gasteiger partial charge < -0.3 is 0 Å². The van der Waals surface area contributed by atoms with Gasteiger partial charge in [-0.25, -0.2) is 0 Å². The molecule has 0 N–H and O–H groups in total. The molecule has 1 radical (unpaired) electrons. The van der Waals surface area contributed by atoms with Crippen molar-refractivity contribution in [2.45, 2.75) is 6.92 Å². The van der Waals surface area contributed by atoms with Gasteiger partial charge in [-0.2, -0.15) is 0 Å². The van der Waals surface area contributed by atoms with E-state index in [1.165, 1.54) is 5.56 Å². The van der Waals surface area contributed by atoms with Crippen LogP contribution < -0.4 is 0 Å². The average Bonchev–Trinajstić information content (AvgIpc) is 1.89. The molecule has 0 aliphatic carbocycles. The summed E-state index contributed by atoms with van der Waals surface area (Å²) >= 11 is 4.66. The van der Waals surface area contributed by atoms with Gasteiger partial charge in [-0.1, -0.05) is 36.5 Å². The standard InChI is InChI=1S/C8H7S/c1-7-4-2-3-5-8(7)6-9/h2-5H,1H3. The Kier molecular flexibility index (Phi) is 1.96. The number of aryl methyl sites for hydroxylation is 1. The molecule has 1 heteroatoms. The highest BCUT2D eigenvalue weighted by molar-refractivity contribution is 7.79. The molecule has 1 aromatic rings. The van der Waals surface area contributed by atoms with Crippen molar-refractivity contribution in [3.63, 3.8) is 0 Å². The van der Waals surface area contributed by atoms with E-state index in [-0.39, 0.29) is 0 Å². The zero-order valence-electron chi connectivity index (χ0n) is 5.22. The molecule has 0 heterocycles. The highest BCUT2D eigenvalue weighted by Crippen LogP contribution is 2.02. The summed E-state index contributed by atoms with van der Waals surface area (Å²) in [5, 5.41) is 2.68. The maximum Gasteiger partial charge on any atom is 0.0638 e. The minimum Gasteiger partial charge on any atom is -0.0778 e. The van der Waals surface area contributed by atoms with Crippen LogP contribution in [0.25, 0.3) is 0 Å². The van der Waals surface area contributed by atoms with E-state index in [1.807, 2.05) is 31.2 Å². The van der Waals surface area contributed by atoms with Crippen LogP contribution in [0, 0.1) is 6.92 Å². The maximum atomic E-state index is 4.66. The van der Waals surface area contributed by atoms with Crippen molar-refractivity contribution in [1.82, 2.24) is 0 Å². The summed E-state index contributed by atoms with van der Waals surface area (Å²) in [6.45, 7) is 2.02. The largest absolute Gasteiger partial charge is 0.0778 e. The number of hydrogen-bond donors (Lipinski definition) is 0. The molecule has 1 aromatic carbocycles. The quantitative estimate of drug-likeness (QED) is 0.532. The van der Waals surface area contributed by atoms with Gasteiger partial charge in [0.1, 0.15) is 0 Å². The van der Waals surface area contributed by atoms with Crippen LogP contribution in [0.15, 0.2) is 24.3 Å². The Morgan fingerprint density at radius 2 is 2.00 bits per heavy atom. The first-order chi connectivity index (χ1) is 4.34. The van der Waals surface area contributed by atoms with Gasteiger partial charge in [0.05, 0.1) is 5.37 Å². The number of thiocarbonyl (C=S) groups is 1. The van der Waals surface area contributed by atoms with Gasteiger partial charge in [0.25, 0.3) is 0 Å². The van der Waals surface area contributed by atoms with Crippen LogP contribution in [0.3, 0.4) is 0 Å². The van der Waals surface area contributed by atoms with Gasteiger partial charge in [-0.3, -0.25) is 0 Å². The summed E-state index contributed by atoms with van der Waals surface area (Å²) in [7, 11) is 0. The zero-order valence-corrected chi connectivity index (χ0v) is 6.03. The molecule has 0 aliphatic heterocycles. The first-order valence-electron chi connectivity index (χ1n) is 2.78. The van der Waals surface area contributed by atoms with E-state index in [9.17, 15) is 0 Å². The van der Waals surface area contributed by atoms with Gasteiger partial charge in [0, 0.05) is 0 Å². The predicted octanol–water partition coefficient (Wildman–Crippen LogP) is 2.22. The summed E-state index contributed by atoms with van der Waals surface area (Å²) in [5.41, 5.74) is 2.21. The molecule has 0 amide bonds. The Morgan fingerprint density at radius 3 is 2.44 bits per heavy atom. The molecular weight excluding hydrogens is 128 g/mol. The average molecular weight is 135 g/mol. The third-order valence-electron chi connectivity index (χ3n) is 1.26. The topological polar surface area (TPSA) is 0 Å². The van der Waals surface area contributed by atoms with Crippen LogP contribution in [0.4, 0.5) is 0 Å². The summed E-state index contributed by atoms with van der Waals surface area (Å²) < 4.78 is 0. The smallest absolute Gasteiger partial charge is 0.0638 e. The Bertz CT molecular complexity index is 216. The van der Waals surface area contributed by atoms with Crippen LogP contribution in [-0.2, 0) is 0 Å². The van der Waals surface area contributed by atoms with Crippen molar-refractivity contribution in [2.75, 3.05) is 0 Å². The number of rotatable bonds is 1. The second-order valence-electron chi connectivity index (χ2n) is 1.92. The third kappa shape index (κ3) is 1.36. The lowest BCUT2D eigenvalue weighted by atomic mass is 10.1. The molecule has 45 valence electrons. The fraction of sp³-hybridized carbons (Fsp3) is 0.125. The lowest BCUT2D eigenvalue weighted by Gasteiger charge is -1.93. The van der Waals surface area contributed by atoms with Crippen LogP contribution in [-0.4, -0.2) is 5.37 Å². The molecule has 0 fully saturated rings. The van der Waals surface area contributed by atoms with E-state index in [0.717, 1.165) is 5.56 Å². The lowest BCUT2D eigenvalue weighted by molar-refractivity contribution is 1.46. The Hall–Kier alpha value is -0.690. The Balaban J connectivity index is 3.15. The second-order valence-corrected chi connectivity index (χ2v) is 2.12. The number of hydrogen-bond acceptors (Lipinski definition) is 1. The molecule has 0 nitrogen and oxygen atoms in total. The molecule has 0 aliphatic rings. The van der Waals surface area contributed by atoms with Crippen molar-refractivity contribution in [2.24, 2.45) is 0 Å². The summed E-state index contributed by atoms with van der Waals surface area (Å²) in [6, 6.07) is 7.93. The second kappa shape index (κ2) is 2.74. The molecule has 0 unspecified atom stereocenters. The predicted molar refractivity (Wildman–Crippen MR) is 42.9 cm³/mol. The maximum absolute atomic E-state index is 4.66. The van der Waals surface area contributed by atoms with Gasteiger partial charge in [-0.05, 0) is 18.1 Å². The van der Waals surface area contributed by atoms with E-state index in [1.54, 1.807) is 0 Å². The van der Waals surface area contributed by atoms with Gasteiger partial charge in [-0.15, -0.1) is 0 Å². The van der Waals surface area contributed by atoms with Crippen LogP contribution >= 0.6 is 12.2 Å². The molecule has 1 rings (SSSR count). The van der Waals surface area contributed by atoms with Crippen molar-refractivity contribution >= 4 is 17.6 Å². The first kappa shape index (κ1) is 6.43. The van der Waals surface area contributed by atoms with Crippen molar-refractivity contribution in [1.29, 1.82) is 0 Å². The molecule has 9 heavy (non-hydrogen) atoms. The minimum atomic E-state index is 1.02. The Morgan fingerprint density at radius 1 is 1.33 bits per heavy atom. The zero-order chi connectivity index (χ0) is 6.69. The summed E-state index contributed by atoms with van der Waals surface area (Å²) in [4.78, 5) is 0. The monoisotopic (exact) mass is 135 g/mol. The van der Waals surface area contributed by atoms with E-state index in [4.69, 9.17) is 0 Å². The molecule has 0 saturated carbocycles. The molecule has 0 bridgehead atoms. The van der Waals surface area contributed by atoms with Crippen molar-refractivity contribution < 1.29 is 0 Å². The molecule has 0 aromatic heterocycles. The fourth-order valence-electron chi connectivity index (χ4n) is 0.687. The molecule has 0 atom stereocenters. The summed E-state index contributed by atoms with van der Waals surface area (Å²) in [5.74, 6) is 0. The molecular formula is C8H7S. The van der Waals surface area contributed by atoms with Gasteiger partial charge in [0.15, 0.2) is 0 Å². The third-order valence-corrected chi connectivity index (χ3v) is 1.47. The normalized spacial score (nSPS) is 9.00. The van der Waals surface area contributed by atoms with Crippen LogP contribution in [0.1, 0.15) is 11.1 Å². The Labute approximate surface area is 60.5 Å². The molecule has 0 saturated heterocycles. The minimum absolute atomic E-state index is 1.02. The van der Waals surface area contributed by atoms with E-state index >= 15 is 0 Å². The van der Waals surface area contributed by atoms with Crippen molar-refractivity contribution in [3.8, 4) is 0 Å². The fourth-order valence-corrected chi connectivity index (χ4v) is 0.916. The summed E-state index contributed by atoms with van der Waals surface area (Å²) in [6.07, 6.45) is 0. The van der Waals surface area contributed by atoms with Gasteiger partial charge >= 0.3 is 0 Å².